The fourth-order valence-electron chi connectivity index (χ4n) is 1.38. The molecule has 0 fully saturated rings. The first kappa shape index (κ1) is 13.4. The van der Waals surface area contributed by atoms with Gasteiger partial charge in [-0.3, -0.25) is 10.1 Å². The summed E-state index contributed by atoms with van der Waals surface area (Å²) < 4.78 is 13.4. The Kier molecular flexibility index (Phi) is 4.84. The van der Waals surface area contributed by atoms with Crippen molar-refractivity contribution in [2.24, 2.45) is 0 Å². The van der Waals surface area contributed by atoms with Crippen LogP contribution in [0.2, 0.25) is 0 Å². The van der Waals surface area contributed by atoms with Gasteiger partial charge in [0.1, 0.15) is 0 Å². The predicted molar refractivity (Wildman–Crippen MR) is 64.7 cm³/mol. The molecule has 0 saturated heterocycles. The van der Waals surface area contributed by atoms with Crippen LogP contribution in [0.15, 0.2) is 18.2 Å². The zero-order valence-electron chi connectivity index (χ0n) is 9.94. The summed E-state index contributed by atoms with van der Waals surface area (Å²) in [5.41, 5.74) is 0.0655. The van der Waals surface area contributed by atoms with Crippen LogP contribution in [-0.4, -0.2) is 37.0 Å². The van der Waals surface area contributed by atoms with Crippen molar-refractivity contribution in [2.75, 3.05) is 32.5 Å². The summed E-state index contributed by atoms with van der Waals surface area (Å²) in [6, 6.07) is 3.61. The van der Waals surface area contributed by atoms with Crippen LogP contribution in [0.1, 0.15) is 6.42 Å². The maximum atomic E-state index is 13.4. The van der Waals surface area contributed by atoms with Gasteiger partial charge in [-0.15, -0.1) is 0 Å². The Labute approximate surface area is 99.4 Å². The molecule has 0 radical (unpaired) electrons. The van der Waals surface area contributed by atoms with Gasteiger partial charge in [-0.1, -0.05) is 0 Å². The Bertz CT molecular complexity index is 396. The molecule has 1 N–H and O–H groups in total. The van der Waals surface area contributed by atoms with Crippen molar-refractivity contribution in [3.63, 3.8) is 0 Å². The molecular weight excluding hydrogens is 225 g/mol. The minimum atomic E-state index is -0.612. The Hall–Kier alpha value is -1.69. The summed E-state index contributed by atoms with van der Waals surface area (Å²) >= 11 is 0. The Morgan fingerprint density at radius 3 is 2.71 bits per heavy atom. The third-order valence-electron chi connectivity index (χ3n) is 2.26. The van der Waals surface area contributed by atoms with Crippen molar-refractivity contribution in [1.82, 2.24) is 4.90 Å². The summed E-state index contributed by atoms with van der Waals surface area (Å²) in [5.74, 6) is -0.593. The number of rotatable bonds is 6. The number of hydrogen-bond acceptors (Lipinski definition) is 4. The van der Waals surface area contributed by atoms with E-state index in [1.807, 2.05) is 19.0 Å². The molecule has 0 saturated carbocycles. The molecule has 0 unspecified atom stereocenters. The Morgan fingerprint density at radius 1 is 1.47 bits per heavy atom. The first-order valence-electron chi connectivity index (χ1n) is 5.33. The first-order valence-corrected chi connectivity index (χ1v) is 5.33. The van der Waals surface area contributed by atoms with E-state index < -0.39 is 10.7 Å². The molecule has 0 aromatic heterocycles. The number of nitro groups is 1. The van der Waals surface area contributed by atoms with E-state index in [2.05, 4.69) is 5.32 Å². The van der Waals surface area contributed by atoms with Crippen molar-refractivity contribution in [1.29, 1.82) is 0 Å². The molecule has 0 spiro atoms. The summed E-state index contributed by atoms with van der Waals surface area (Å²) in [6.07, 6.45) is 0.878. The van der Waals surface area contributed by atoms with Gasteiger partial charge in [0.2, 0.25) is 0 Å². The lowest BCUT2D eigenvalue weighted by Crippen LogP contribution is -2.16. The van der Waals surface area contributed by atoms with Gasteiger partial charge in [0.05, 0.1) is 16.7 Å². The fourth-order valence-corrected chi connectivity index (χ4v) is 1.38. The third kappa shape index (κ3) is 4.36. The van der Waals surface area contributed by atoms with Crippen molar-refractivity contribution < 1.29 is 9.31 Å². The second-order valence-corrected chi connectivity index (χ2v) is 4.00. The second kappa shape index (κ2) is 6.15. The number of nitro benzene ring substituents is 1. The Morgan fingerprint density at radius 2 is 2.18 bits per heavy atom. The van der Waals surface area contributed by atoms with Gasteiger partial charge < -0.3 is 10.2 Å². The van der Waals surface area contributed by atoms with E-state index in [-0.39, 0.29) is 5.69 Å². The quantitative estimate of drug-likeness (QED) is 0.470. The van der Waals surface area contributed by atoms with Gasteiger partial charge in [0, 0.05) is 12.6 Å². The smallest absolute Gasteiger partial charge is 0.272 e. The van der Waals surface area contributed by atoms with Gasteiger partial charge in [0.15, 0.2) is 5.82 Å². The zero-order chi connectivity index (χ0) is 12.8. The van der Waals surface area contributed by atoms with E-state index >= 15 is 0 Å². The predicted octanol–water partition coefficient (Wildman–Crippen LogP) is 2.10. The molecule has 0 atom stereocenters. The lowest BCUT2D eigenvalue weighted by atomic mass is 10.2. The number of nitrogens with one attached hydrogen (secondary N) is 1. The van der Waals surface area contributed by atoms with Crippen LogP contribution in [0.3, 0.4) is 0 Å². The molecule has 0 amide bonds. The summed E-state index contributed by atoms with van der Waals surface area (Å²) in [7, 11) is 3.93. The van der Waals surface area contributed by atoms with Gasteiger partial charge in [0.25, 0.3) is 5.69 Å². The molecule has 0 bridgehead atoms. The van der Waals surface area contributed by atoms with Crippen molar-refractivity contribution in [3.05, 3.63) is 34.1 Å². The molecule has 0 heterocycles. The largest absolute Gasteiger partial charge is 0.383 e. The normalized spacial score (nSPS) is 10.6. The van der Waals surface area contributed by atoms with E-state index in [0.717, 1.165) is 19.0 Å². The topological polar surface area (TPSA) is 58.4 Å². The molecule has 0 aliphatic carbocycles. The lowest BCUT2D eigenvalue weighted by molar-refractivity contribution is -0.385. The fraction of sp³-hybridized carbons (Fsp3) is 0.455. The number of benzene rings is 1. The monoisotopic (exact) mass is 241 g/mol. The van der Waals surface area contributed by atoms with Gasteiger partial charge >= 0.3 is 0 Å². The number of nitrogens with zero attached hydrogens (tertiary/aromatic N) is 2. The lowest BCUT2D eigenvalue weighted by Gasteiger charge is -2.10. The molecule has 6 heteroatoms. The van der Waals surface area contributed by atoms with E-state index in [1.165, 1.54) is 12.1 Å². The molecule has 1 rings (SSSR count). The van der Waals surface area contributed by atoms with E-state index in [9.17, 15) is 14.5 Å². The number of halogens is 1. The average Bonchev–Trinajstić information content (AvgIpc) is 2.25. The van der Waals surface area contributed by atoms with E-state index in [4.69, 9.17) is 0 Å². The molecule has 0 aliphatic heterocycles. The molecule has 94 valence electrons. The Balaban J connectivity index is 2.52. The average molecular weight is 241 g/mol. The van der Waals surface area contributed by atoms with Gasteiger partial charge in [-0.2, -0.15) is 0 Å². The number of anilines is 1. The second-order valence-electron chi connectivity index (χ2n) is 4.00. The standard InChI is InChI=1S/C11H16FN3O2/c1-14(2)7-3-6-13-11-5-4-9(15(16)17)8-10(11)12/h4-5,8,13H,3,6-7H2,1-2H3. The number of hydrogen-bond donors (Lipinski definition) is 1. The third-order valence-corrected chi connectivity index (χ3v) is 2.26. The molecule has 5 nitrogen and oxygen atoms in total. The van der Waals surface area contributed by atoms with Crippen LogP contribution in [0.5, 0.6) is 0 Å². The van der Waals surface area contributed by atoms with Gasteiger partial charge in [-0.05, 0) is 33.1 Å². The first-order chi connectivity index (χ1) is 8.00. The van der Waals surface area contributed by atoms with Crippen LogP contribution < -0.4 is 5.32 Å². The highest BCUT2D eigenvalue weighted by Crippen LogP contribution is 2.20. The maximum absolute atomic E-state index is 13.4. The minimum Gasteiger partial charge on any atom is -0.383 e. The van der Waals surface area contributed by atoms with Crippen LogP contribution >= 0.6 is 0 Å². The van der Waals surface area contributed by atoms with Crippen LogP contribution in [-0.2, 0) is 0 Å². The van der Waals surface area contributed by atoms with Crippen molar-refractivity contribution in [2.45, 2.75) is 6.42 Å². The zero-order valence-corrected chi connectivity index (χ0v) is 9.94. The maximum Gasteiger partial charge on any atom is 0.272 e. The summed E-state index contributed by atoms with van der Waals surface area (Å²) in [6.45, 7) is 1.54. The van der Waals surface area contributed by atoms with Crippen LogP contribution in [0, 0.1) is 15.9 Å². The molecule has 0 aliphatic rings. The van der Waals surface area contributed by atoms with Crippen LogP contribution in [0.4, 0.5) is 15.8 Å². The molecular formula is C11H16FN3O2. The SMILES string of the molecule is CN(C)CCCNc1ccc([N+](=O)[O-])cc1F. The van der Waals surface area contributed by atoms with Crippen LogP contribution in [0.25, 0.3) is 0 Å². The van der Waals surface area contributed by atoms with E-state index in [0.29, 0.717) is 12.2 Å². The minimum absolute atomic E-state index is 0.235. The summed E-state index contributed by atoms with van der Waals surface area (Å²) in [4.78, 5) is 11.8. The highest BCUT2D eigenvalue weighted by molar-refractivity contribution is 5.49. The highest BCUT2D eigenvalue weighted by Gasteiger charge is 2.09. The number of non-ortho nitro benzene ring substituents is 1. The van der Waals surface area contributed by atoms with Gasteiger partial charge in [-0.25, -0.2) is 4.39 Å². The molecule has 17 heavy (non-hydrogen) atoms. The van der Waals surface area contributed by atoms with Crippen molar-refractivity contribution in [3.8, 4) is 0 Å². The molecule has 1 aromatic carbocycles. The highest BCUT2D eigenvalue weighted by atomic mass is 19.1. The molecule has 1 aromatic rings. The summed E-state index contributed by atoms with van der Waals surface area (Å²) in [5, 5.41) is 13.3. The van der Waals surface area contributed by atoms with E-state index in [1.54, 1.807) is 0 Å². The van der Waals surface area contributed by atoms with Crippen molar-refractivity contribution >= 4 is 11.4 Å².